The molecule has 0 fully saturated rings. The summed E-state index contributed by atoms with van der Waals surface area (Å²) < 4.78 is 38.5. The first-order valence-corrected chi connectivity index (χ1v) is 7.55. The van der Waals surface area contributed by atoms with Crippen molar-refractivity contribution in [1.82, 2.24) is 0 Å². The number of halogens is 4. The normalized spacial score (nSPS) is 13.7. The Balaban J connectivity index is 2.60. The first kappa shape index (κ1) is 20.4. The van der Waals surface area contributed by atoms with Gasteiger partial charge < -0.3 is 15.9 Å². The van der Waals surface area contributed by atoms with Crippen LogP contribution in [-0.2, 0) is 11.0 Å². The molecule has 0 bridgehead atoms. The molecule has 0 radical (unpaired) electrons. The van der Waals surface area contributed by atoms with Crippen LogP contribution in [0.3, 0.4) is 0 Å². The van der Waals surface area contributed by atoms with Gasteiger partial charge in [0.15, 0.2) is 0 Å². The molecule has 6 nitrogen and oxygen atoms in total. The molecule has 142 valence electrons. The highest BCUT2D eigenvalue weighted by Gasteiger charge is 2.51. The monoisotopic (exact) mass is 401 g/mol. The molecule has 10 heteroatoms. The summed E-state index contributed by atoms with van der Waals surface area (Å²) in [5.41, 5.74) is -0.201. The predicted octanol–water partition coefficient (Wildman–Crippen LogP) is 2.91. The number of carboxylic acid groups (broad SMARTS) is 1. The Morgan fingerprint density at radius 1 is 1.00 bits per heavy atom. The molecule has 0 heterocycles. The van der Waals surface area contributed by atoms with Gasteiger partial charge in [0.1, 0.15) is 5.75 Å². The fourth-order valence-electron chi connectivity index (χ4n) is 2.29. The fraction of sp³-hybridized carbons (Fsp3) is 0.118. The zero-order valence-corrected chi connectivity index (χ0v) is 14.0. The Kier molecular flexibility index (Phi) is 5.30. The third-order valence-corrected chi connectivity index (χ3v) is 4.04. The molecule has 1 unspecified atom stereocenters. The molecule has 0 aromatic heterocycles. The number of aliphatic carboxylic acids is 1. The van der Waals surface area contributed by atoms with Gasteiger partial charge in [-0.3, -0.25) is 9.59 Å². The molecule has 0 aliphatic carbocycles. The Bertz CT molecular complexity index is 930. The topological polar surface area (TPSA) is 118 Å². The van der Waals surface area contributed by atoms with E-state index in [0.717, 1.165) is 0 Å². The van der Waals surface area contributed by atoms with Crippen molar-refractivity contribution >= 4 is 29.1 Å². The molecular formula is C17H11ClF3NO5. The predicted molar refractivity (Wildman–Crippen MR) is 87.8 cm³/mol. The van der Waals surface area contributed by atoms with E-state index in [2.05, 4.69) is 0 Å². The number of carbonyl (C=O) groups is 3. The maximum atomic E-state index is 12.8. The molecule has 27 heavy (non-hydrogen) atoms. The first-order chi connectivity index (χ1) is 12.4. The number of alkyl halides is 3. The molecule has 0 spiro atoms. The highest BCUT2D eigenvalue weighted by molar-refractivity contribution is 6.36. The van der Waals surface area contributed by atoms with Gasteiger partial charge in [0.05, 0.1) is 16.1 Å². The summed E-state index contributed by atoms with van der Waals surface area (Å²) >= 11 is 5.50. The average molecular weight is 402 g/mol. The van der Waals surface area contributed by atoms with Gasteiger partial charge in [0, 0.05) is 5.56 Å². The van der Waals surface area contributed by atoms with Gasteiger partial charge in [-0.15, -0.1) is 0 Å². The molecule has 2 aromatic rings. The molecule has 0 aliphatic rings. The van der Waals surface area contributed by atoms with Crippen LogP contribution in [0.2, 0.25) is 5.02 Å². The van der Waals surface area contributed by atoms with Crippen molar-refractivity contribution < 1.29 is 37.8 Å². The van der Waals surface area contributed by atoms with E-state index in [-0.39, 0.29) is 11.6 Å². The van der Waals surface area contributed by atoms with Crippen molar-refractivity contribution in [1.29, 1.82) is 0 Å². The summed E-state index contributed by atoms with van der Waals surface area (Å²) in [6.45, 7) is 0. The Morgan fingerprint density at radius 2 is 1.56 bits per heavy atom. The van der Waals surface area contributed by atoms with E-state index in [1.54, 1.807) is 0 Å². The smallest absolute Gasteiger partial charge is 0.417 e. The second kappa shape index (κ2) is 7.01. The van der Waals surface area contributed by atoms with E-state index in [0.29, 0.717) is 6.07 Å². The number of hydrogen-bond acceptors (Lipinski definition) is 5. The van der Waals surface area contributed by atoms with Gasteiger partial charge >= 0.3 is 12.1 Å². The van der Waals surface area contributed by atoms with Gasteiger partial charge in [0.2, 0.25) is 17.1 Å². The van der Waals surface area contributed by atoms with E-state index in [4.69, 9.17) is 17.3 Å². The molecule has 0 saturated heterocycles. The minimum atomic E-state index is -4.93. The van der Waals surface area contributed by atoms with Crippen molar-refractivity contribution in [3.05, 3.63) is 64.2 Å². The molecule has 0 saturated carbocycles. The second-order valence-electron chi connectivity index (χ2n) is 5.48. The number of ketones is 2. The van der Waals surface area contributed by atoms with Crippen molar-refractivity contribution in [2.24, 2.45) is 5.73 Å². The van der Waals surface area contributed by atoms with Crippen molar-refractivity contribution in [2.45, 2.75) is 11.7 Å². The van der Waals surface area contributed by atoms with E-state index in [9.17, 15) is 37.8 Å². The molecule has 4 N–H and O–H groups in total. The number of phenols is 1. The molecule has 0 amide bonds. The largest absolute Gasteiger partial charge is 0.507 e. The lowest BCUT2D eigenvalue weighted by Crippen LogP contribution is -2.61. The molecular weight excluding hydrogens is 391 g/mol. The van der Waals surface area contributed by atoms with Gasteiger partial charge in [-0.2, -0.15) is 13.2 Å². The fourth-order valence-corrected chi connectivity index (χ4v) is 2.56. The summed E-state index contributed by atoms with van der Waals surface area (Å²) in [7, 11) is 0. The van der Waals surface area contributed by atoms with E-state index >= 15 is 0 Å². The van der Waals surface area contributed by atoms with E-state index in [1.165, 1.54) is 30.3 Å². The van der Waals surface area contributed by atoms with Crippen LogP contribution in [0.4, 0.5) is 13.2 Å². The van der Waals surface area contributed by atoms with E-state index in [1.807, 2.05) is 0 Å². The third kappa shape index (κ3) is 3.64. The number of carboxylic acids is 1. The summed E-state index contributed by atoms with van der Waals surface area (Å²) in [6.07, 6.45) is -4.93. The average Bonchev–Trinajstić information content (AvgIpc) is 2.61. The maximum absolute atomic E-state index is 12.8. The Labute approximate surface area is 155 Å². The summed E-state index contributed by atoms with van der Waals surface area (Å²) in [4.78, 5) is 36.8. The zero-order valence-electron chi connectivity index (χ0n) is 13.2. The van der Waals surface area contributed by atoms with Gasteiger partial charge in [-0.25, -0.2) is 4.79 Å². The third-order valence-electron chi connectivity index (χ3n) is 3.73. The highest BCUT2D eigenvalue weighted by atomic mass is 35.5. The number of Topliss-reactive ketones (excluding diaryl/α,β-unsaturated/α-hetero) is 2. The van der Waals surface area contributed by atoms with Gasteiger partial charge in [0.25, 0.3) is 0 Å². The molecule has 0 aliphatic heterocycles. The van der Waals surface area contributed by atoms with Crippen LogP contribution in [-0.4, -0.2) is 33.3 Å². The lowest BCUT2D eigenvalue weighted by molar-refractivity contribution is -0.140. The number of rotatable bonds is 5. The quantitative estimate of drug-likeness (QED) is 0.523. The lowest BCUT2D eigenvalue weighted by Gasteiger charge is -2.23. The minimum Gasteiger partial charge on any atom is -0.507 e. The SMILES string of the molecule is NC(C(=O)O)(C(=O)c1ccccc1)C(=O)c1cc(Cl)c(C(F)(F)F)cc1O. The van der Waals surface area contributed by atoms with Crippen LogP contribution < -0.4 is 5.73 Å². The number of phenolic OH excluding ortho intramolecular Hbond substituents is 1. The molecule has 1 atom stereocenters. The molecule has 2 aromatic carbocycles. The summed E-state index contributed by atoms with van der Waals surface area (Å²) in [5, 5.41) is 18.2. The van der Waals surface area contributed by atoms with Crippen LogP contribution in [0.1, 0.15) is 26.3 Å². The van der Waals surface area contributed by atoms with Gasteiger partial charge in [-0.1, -0.05) is 41.9 Å². The number of benzene rings is 2. The standard InChI is InChI=1S/C17H11ClF3NO5/c18-11-6-9(12(23)7-10(11)17(19,20)21)14(25)16(22,15(26)27)13(24)8-4-2-1-3-5-8/h1-7,23H,22H2,(H,26,27). The lowest BCUT2D eigenvalue weighted by atomic mass is 9.82. The summed E-state index contributed by atoms with van der Waals surface area (Å²) in [6, 6.07) is 7.31. The maximum Gasteiger partial charge on any atom is 0.417 e. The van der Waals surface area contributed by atoms with Crippen LogP contribution in [0.25, 0.3) is 0 Å². The highest BCUT2D eigenvalue weighted by Crippen LogP contribution is 2.39. The van der Waals surface area contributed by atoms with E-state index < -0.39 is 51.2 Å². The first-order valence-electron chi connectivity index (χ1n) is 7.17. The zero-order chi connectivity index (χ0) is 20.6. The Hall–Kier alpha value is -2.91. The van der Waals surface area contributed by atoms with Gasteiger partial charge in [-0.05, 0) is 12.1 Å². The number of aromatic hydroxyl groups is 1. The van der Waals surface area contributed by atoms with Crippen LogP contribution in [0.5, 0.6) is 5.75 Å². The van der Waals surface area contributed by atoms with Crippen molar-refractivity contribution in [3.8, 4) is 5.75 Å². The Morgan fingerprint density at radius 3 is 2.04 bits per heavy atom. The summed E-state index contributed by atoms with van der Waals surface area (Å²) in [5.74, 6) is -6.18. The minimum absolute atomic E-state index is 0.158. The number of hydrogen-bond donors (Lipinski definition) is 3. The van der Waals surface area contributed by atoms with Crippen LogP contribution >= 0.6 is 11.6 Å². The van der Waals surface area contributed by atoms with Crippen LogP contribution in [0.15, 0.2) is 42.5 Å². The van der Waals surface area contributed by atoms with Crippen LogP contribution in [0, 0.1) is 0 Å². The number of nitrogens with two attached hydrogens (primary N) is 1. The van der Waals surface area contributed by atoms with Crippen molar-refractivity contribution in [2.75, 3.05) is 0 Å². The second-order valence-corrected chi connectivity index (χ2v) is 5.89. The molecule has 2 rings (SSSR count). The number of carbonyl (C=O) groups excluding carboxylic acids is 2. The van der Waals surface area contributed by atoms with Crippen molar-refractivity contribution in [3.63, 3.8) is 0 Å².